The highest BCUT2D eigenvalue weighted by Crippen LogP contribution is 2.26. The summed E-state index contributed by atoms with van der Waals surface area (Å²) in [5.74, 6) is 1.82. The van der Waals surface area contributed by atoms with Gasteiger partial charge in [-0.1, -0.05) is 30.3 Å². The first-order valence-corrected chi connectivity index (χ1v) is 7.94. The van der Waals surface area contributed by atoms with Crippen molar-refractivity contribution >= 4 is 5.82 Å². The second kappa shape index (κ2) is 6.32. The summed E-state index contributed by atoms with van der Waals surface area (Å²) in [6, 6.07) is 12.5. The van der Waals surface area contributed by atoms with Crippen molar-refractivity contribution in [3.63, 3.8) is 0 Å². The zero-order valence-electron chi connectivity index (χ0n) is 13.5. The maximum absolute atomic E-state index is 12.2. The van der Waals surface area contributed by atoms with Crippen LogP contribution in [0.3, 0.4) is 0 Å². The quantitative estimate of drug-likeness (QED) is 0.717. The first-order valence-electron chi connectivity index (χ1n) is 7.94. The Hall–Kier alpha value is -3.10. The van der Waals surface area contributed by atoms with Gasteiger partial charge in [0.15, 0.2) is 11.6 Å². The fraction of sp³-hybridized carbons (Fsp3) is 0.235. The van der Waals surface area contributed by atoms with Crippen molar-refractivity contribution in [3.8, 4) is 17.1 Å². The molecular formula is C17H14F3N5O. The van der Waals surface area contributed by atoms with Gasteiger partial charge in [0.05, 0.1) is 12.7 Å². The summed E-state index contributed by atoms with van der Waals surface area (Å²) in [4.78, 5) is 6.01. The summed E-state index contributed by atoms with van der Waals surface area (Å²) in [6.07, 6.45) is -3.66. The van der Waals surface area contributed by atoms with Crippen molar-refractivity contribution in [1.29, 1.82) is 0 Å². The Balaban J connectivity index is 1.52. The number of hydrogen-bond acceptors (Lipinski definition) is 5. The van der Waals surface area contributed by atoms with Gasteiger partial charge in [-0.25, -0.2) is 4.98 Å². The van der Waals surface area contributed by atoms with E-state index in [0.717, 1.165) is 23.4 Å². The van der Waals surface area contributed by atoms with Crippen molar-refractivity contribution in [2.45, 2.75) is 19.5 Å². The molecule has 6 nitrogen and oxygen atoms in total. The van der Waals surface area contributed by atoms with Crippen molar-refractivity contribution in [2.24, 2.45) is 0 Å². The van der Waals surface area contributed by atoms with Gasteiger partial charge in [-0.3, -0.25) is 0 Å². The van der Waals surface area contributed by atoms with Gasteiger partial charge in [-0.05, 0) is 12.1 Å². The van der Waals surface area contributed by atoms with E-state index in [1.54, 1.807) is 0 Å². The summed E-state index contributed by atoms with van der Waals surface area (Å²) in [6.45, 7) is 1.79. The number of fused-ring (bicyclic) bond motifs is 1. The minimum absolute atomic E-state index is 0.340. The Kier molecular flexibility index (Phi) is 3.98. The molecule has 0 spiro atoms. The van der Waals surface area contributed by atoms with E-state index in [9.17, 15) is 13.2 Å². The van der Waals surface area contributed by atoms with Crippen LogP contribution in [0.5, 0.6) is 5.75 Å². The Morgan fingerprint density at radius 2 is 1.77 bits per heavy atom. The monoisotopic (exact) mass is 361 g/mol. The third kappa shape index (κ3) is 3.32. The topological polar surface area (TPSA) is 56.1 Å². The van der Waals surface area contributed by atoms with Gasteiger partial charge in [0.2, 0.25) is 0 Å². The Morgan fingerprint density at radius 3 is 2.46 bits per heavy atom. The lowest BCUT2D eigenvalue weighted by atomic mass is 10.2. The molecule has 0 saturated carbocycles. The van der Waals surface area contributed by atoms with E-state index in [4.69, 9.17) is 0 Å². The molecule has 0 unspecified atom stereocenters. The second-order valence-electron chi connectivity index (χ2n) is 5.78. The van der Waals surface area contributed by atoms with Crippen molar-refractivity contribution < 1.29 is 17.9 Å². The van der Waals surface area contributed by atoms with Gasteiger partial charge in [0, 0.05) is 18.7 Å². The normalized spacial score (nSPS) is 14.2. The number of alkyl halides is 3. The molecule has 9 heteroatoms. The third-order valence-corrected chi connectivity index (χ3v) is 4.06. The van der Waals surface area contributed by atoms with Gasteiger partial charge in [-0.15, -0.1) is 23.4 Å². The number of rotatable bonds is 3. The predicted molar refractivity (Wildman–Crippen MR) is 87.4 cm³/mol. The van der Waals surface area contributed by atoms with Crippen LogP contribution in [0.1, 0.15) is 5.82 Å². The highest BCUT2D eigenvalue weighted by Gasteiger charge is 2.31. The van der Waals surface area contributed by atoms with Gasteiger partial charge in [0.1, 0.15) is 11.6 Å². The lowest BCUT2D eigenvalue weighted by Crippen LogP contribution is -2.34. The average molecular weight is 361 g/mol. The maximum Gasteiger partial charge on any atom is 0.573 e. The summed E-state index contributed by atoms with van der Waals surface area (Å²) in [7, 11) is 0. The summed E-state index contributed by atoms with van der Waals surface area (Å²) < 4.78 is 42.6. The number of nitrogens with zero attached hydrogens (tertiary/aromatic N) is 5. The fourth-order valence-corrected chi connectivity index (χ4v) is 2.91. The fourth-order valence-electron chi connectivity index (χ4n) is 2.91. The molecule has 0 bridgehead atoms. The van der Waals surface area contributed by atoms with Gasteiger partial charge in [-0.2, -0.15) is 0 Å². The van der Waals surface area contributed by atoms with E-state index in [0.29, 0.717) is 25.5 Å². The number of ether oxygens (including phenoxy) is 1. The van der Waals surface area contributed by atoms with Crippen LogP contribution in [-0.2, 0) is 13.1 Å². The summed E-state index contributed by atoms with van der Waals surface area (Å²) in [5.41, 5.74) is 0.992. The smallest absolute Gasteiger partial charge is 0.404 e. The molecule has 1 aliphatic heterocycles. The number of anilines is 1. The first-order chi connectivity index (χ1) is 12.5. The molecule has 4 rings (SSSR count). The minimum Gasteiger partial charge on any atom is -0.404 e. The molecule has 1 aromatic carbocycles. The molecule has 134 valence electrons. The number of aromatic nitrogens is 4. The van der Waals surface area contributed by atoms with Gasteiger partial charge < -0.3 is 14.2 Å². The van der Waals surface area contributed by atoms with E-state index in [-0.39, 0.29) is 5.75 Å². The molecule has 0 atom stereocenters. The lowest BCUT2D eigenvalue weighted by molar-refractivity contribution is -0.274. The first kappa shape index (κ1) is 16.4. The Bertz CT molecular complexity index is 893. The van der Waals surface area contributed by atoms with E-state index in [2.05, 4.69) is 19.9 Å². The molecule has 2 aromatic heterocycles. The summed E-state index contributed by atoms with van der Waals surface area (Å²) >= 11 is 0. The SMILES string of the molecule is FC(F)(F)Oc1ccc(N2CCn3c(nnc3-c3ccccc3)C2)nc1. The van der Waals surface area contributed by atoms with E-state index >= 15 is 0 Å². The number of benzene rings is 1. The van der Waals surface area contributed by atoms with Crippen LogP contribution in [0.4, 0.5) is 19.0 Å². The van der Waals surface area contributed by atoms with Crippen LogP contribution in [0, 0.1) is 0 Å². The molecule has 0 saturated heterocycles. The van der Waals surface area contributed by atoms with Crippen LogP contribution < -0.4 is 9.64 Å². The molecule has 3 aromatic rings. The van der Waals surface area contributed by atoms with Crippen LogP contribution in [-0.4, -0.2) is 32.7 Å². The van der Waals surface area contributed by atoms with Crippen LogP contribution in [0.15, 0.2) is 48.7 Å². The largest absolute Gasteiger partial charge is 0.573 e. The van der Waals surface area contributed by atoms with Crippen LogP contribution >= 0.6 is 0 Å². The van der Waals surface area contributed by atoms with Gasteiger partial charge >= 0.3 is 6.36 Å². The van der Waals surface area contributed by atoms with E-state index in [1.807, 2.05) is 39.8 Å². The molecule has 0 N–H and O–H groups in total. The maximum atomic E-state index is 12.2. The second-order valence-corrected chi connectivity index (χ2v) is 5.78. The van der Waals surface area contributed by atoms with Gasteiger partial charge in [0.25, 0.3) is 0 Å². The Labute approximate surface area is 146 Å². The average Bonchev–Trinajstić information content (AvgIpc) is 3.05. The third-order valence-electron chi connectivity index (χ3n) is 4.06. The molecule has 3 heterocycles. The van der Waals surface area contributed by atoms with Crippen LogP contribution in [0.2, 0.25) is 0 Å². The number of pyridine rings is 1. The summed E-state index contributed by atoms with van der Waals surface area (Å²) in [5, 5.41) is 8.52. The highest BCUT2D eigenvalue weighted by molar-refractivity contribution is 5.55. The molecule has 1 aliphatic rings. The molecular weight excluding hydrogens is 347 g/mol. The molecule has 0 radical (unpaired) electrons. The molecule has 0 fully saturated rings. The van der Waals surface area contributed by atoms with Crippen molar-refractivity contribution in [2.75, 3.05) is 11.4 Å². The zero-order chi connectivity index (χ0) is 18.1. The van der Waals surface area contributed by atoms with Crippen molar-refractivity contribution in [3.05, 3.63) is 54.5 Å². The van der Waals surface area contributed by atoms with Crippen LogP contribution in [0.25, 0.3) is 11.4 Å². The number of halogens is 3. The predicted octanol–water partition coefficient (Wildman–Crippen LogP) is 3.26. The standard InChI is InChI=1S/C17H14F3N5O/c18-17(19,20)26-13-6-7-14(21-10-13)24-8-9-25-15(11-24)22-23-16(25)12-4-2-1-3-5-12/h1-7,10H,8-9,11H2. The highest BCUT2D eigenvalue weighted by atomic mass is 19.4. The lowest BCUT2D eigenvalue weighted by Gasteiger charge is -2.28. The minimum atomic E-state index is -4.72. The van der Waals surface area contributed by atoms with E-state index < -0.39 is 6.36 Å². The zero-order valence-corrected chi connectivity index (χ0v) is 13.5. The number of hydrogen-bond donors (Lipinski definition) is 0. The molecule has 0 aliphatic carbocycles. The van der Waals surface area contributed by atoms with E-state index in [1.165, 1.54) is 12.1 Å². The molecule has 26 heavy (non-hydrogen) atoms. The Morgan fingerprint density at radius 1 is 0.962 bits per heavy atom. The van der Waals surface area contributed by atoms with Crippen molar-refractivity contribution in [1.82, 2.24) is 19.7 Å². The molecule has 0 amide bonds.